The molecule has 0 aliphatic carbocycles. The second-order valence-electron chi connectivity index (χ2n) is 6.15. The van der Waals surface area contributed by atoms with Gasteiger partial charge in [0, 0.05) is 12.6 Å². The Balaban J connectivity index is 1.45. The highest BCUT2D eigenvalue weighted by Crippen LogP contribution is 2.57. The van der Waals surface area contributed by atoms with Gasteiger partial charge in [-0.25, -0.2) is 9.36 Å². The SMILES string of the molecule is O=c1[nH]c(=O)n([C@@H]2C[C@H]3OP(=O)(OCc4ccccc4)OC[C@@H]3O2)cc1I. The summed E-state index contributed by atoms with van der Waals surface area (Å²) in [6.07, 6.45) is 0.0445. The molecule has 2 fully saturated rings. The highest BCUT2D eigenvalue weighted by atomic mass is 127. The van der Waals surface area contributed by atoms with Gasteiger partial charge >= 0.3 is 13.5 Å². The summed E-state index contributed by atoms with van der Waals surface area (Å²) >= 11 is 1.84. The van der Waals surface area contributed by atoms with E-state index in [0.29, 0.717) is 3.57 Å². The number of phosphoric ester groups is 1. The maximum Gasteiger partial charge on any atom is 0.475 e. The van der Waals surface area contributed by atoms with Crippen molar-refractivity contribution in [2.24, 2.45) is 0 Å². The Morgan fingerprint density at radius 1 is 1.26 bits per heavy atom. The van der Waals surface area contributed by atoms with Gasteiger partial charge in [-0.1, -0.05) is 30.3 Å². The van der Waals surface area contributed by atoms with Gasteiger partial charge in [-0.15, -0.1) is 0 Å². The molecule has 1 aromatic heterocycles. The van der Waals surface area contributed by atoms with Gasteiger partial charge in [0.15, 0.2) is 0 Å². The van der Waals surface area contributed by atoms with E-state index in [0.717, 1.165) is 5.56 Å². The molecular weight excluding hydrogens is 490 g/mol. The Kier molecular flexibility index (Phi) is 5.36. The number of fused-ring (bicyclic) bond motifs is 1. The fourth-order valence-electron chi connectivity index (χ4n) is 2.96. The molecule has 11 heteroatoms. The number of aromatic nitrogens is 2. The largest absolute Gasteiger partial charge is 0.475 e. The molecule has 2 aliphatic rings. The molecule has 0 bridgehead atoms. The quantitative estimate of drug-likeness (QED) is 0.500. The molecule has 1 aromatic carbocycles. The third kappa shape index (κ3) is 4.10. The number of hydrogen-bond acceptors (Lipinski definition) is 7. The van der Waals surface area contributed by atoms with Crippen molar-refractivity contribution in [1.29, 1.82) is 0 Å². The van der Waals surface area contributed by atoms with Crippen LogP contribution in [0.3, 0.4) is 0 Å². The molecule has 9 nitrogen and oxygen atoms in total. The predicted molar refractivity (Wildman–Crippen MR) is 102 cm³/mol. The van der Waals surface area contributed by atoms with E-state index in [1.54, 1.807) is 0 Å². The summed E-state index contributed by atoms with van der Waals surface area (Å²) in [6.45, 7) is 0.125. The highest BCUT2D eigenvalue weighted by Gasteiger charge is 2.48. The topological polar surface area (TPSA) is 109 Å². The monoisotopic (exact) mass is 506 g/mol. The molecule has 2 aromatic rings. The zero-order valence-corrected chi connectivity index (χ0v) is 17.0. The van der Waals surface area contributed by atoms with Crippen LogP contribution in [0.2, 0.25) is 0 Å². The first-order chi connectivity index (χ1) is 12.9. The van der Waals surface area contributed by atoms with Gasteiger partial charge in [-0.2, -0.15) is 0 Å². The number of rotatable bonds is 4. The highest BCUT2D eigenvalue weighted by molar-refractivity contribution is 14.1. The number of H-pyrrole nitrogens is 1. The van der Waals surface area contributed by atoms with Crippen LogP contribution >= 0.6 is 30.4 Å². The fourth-order valence-corrected chi connectivity index (χ4v) is 4.78. The summed E-state index contributed by atoms with van der Waals surface area (Å²) in [7, 11) is -3.72. The van der Waals surface area contributed by atoms with E-state index < -0.39 is 37.5 Å². The van der Waals surface area contributed by atoms with E-state index in [1.807, 2.05) is 52.9 Å². The molecule has 2 aliphatic heterocycles. The van der Waals surface area contributed by atoms with Crippen LogP contribution in [-0.2, 0) is 29.5 Å². The van der Waals surface area contributed by atoms with Crippen LogP contribution < -0.4 is 11.2 Å². The fraction of sp³-hybridized carbons (Fsp3) is 0.375. The first-order valence-corrected chi connectivity index (χ1v) is 10.8. The van der Waals surface area contributed by atoms with Crippen LogP contribution in [-0.4, -0.2) is 28.4 Å². The van der Waals surface area contributed by atoms with Crippen LogP contribution in [0.15, 0.2) is 46.1 Å². The van der Waals surface area contributed by atoms with Gasteiger partial charge in [0.25, 0.3) is 5.56 Å². The number of hydrogen-bond donors (Lipinski definition) is 1. The van der Waals surface area contributed by atoms with Crippen molar-refractivity contribution in [3.63, 3.8) is 0 Å². The van der Waals surface area contributed by atoms with Crippen LogP contribution in [0.1, 0.15) is 18.2 Å². The minimum atomic E-state index is -3.72. The molecule has 2 saturated heterocycles. The summed E-state index contributed by atoms with van der Waals surface area (Å²) in [5, 5.41) is 0. The average molecular weight is 506 g/mol. The van der Waals surface area contributed by atoms with Crippen molar-refractivity contribution in [2.45, 2.75) is 31.5 Å². The molecule has 144 valence electrons. The molecule has 3 heterocycles. The molecule has 0 amide bonds. The van der Waals surface area contributed by atoms with E-state index in [-0.39, 0.29) is 19.6 Å². The Morgan fingerprint density at radius 3 is 2.81 bits per heavy atom. The van der Waals surface area contributed by atoms with E-state index >= 15 is 0 Å². The third-order valence-electron chi connectivity index (χ3n) is 4.31. The Labute approximate surface area is 167 Å². The predicted octanol–water partition coefficient (Wildman–Crippen LogP) is 2.17. The summed E-state index contributed by atoms with van der Waals surface area (Å²) in [4.78, 5) is 25.8. The van der Waals surface area contributed by atoms with E-state index in [4.69, 9.17) is 18.3 Å². The Morgan fingerprint density at radius 2 is 2.04 bits per heavy atom. The lowest BCUT2D eigenvalue weighted by atomic mass is 10.2. The first kappa shape index (κ1) is 19.0. The zero-order valence-electron chi connectivity index (χ0n) is 13.9. The number of ether oxygens (including phenoxy) is 1. The van der Waals surface area contributed by atoms with Crippen LogP contribution in [0.4, 0.5) is 0 Å². The lowest BCUT2D eigenvalue weighted by molar-refractivity contribution is -0.0730. The van der Waals surface area contributed by atoms with Gasteiger partial charge in [0.1, 0.15) is 18.4 Å². The van der Waals surface area contributed by atoms with Gasteiger partial charge in [0.05, 0.1) is 16.8 Å². The molecule has 1 unspecified atom stereocenters. The summed E-state index contributed by atoms with van der Waals surface area (Å²) in [6, 6.07) is 9.27. The van der Waals surface area contributed by atoms with Gasteiger partial charge in [-0.3, -0.25) is 27.9 Å². The number of nitrogens with zero attached hydrogens (tertiary/aromatic N) is 1. The number of nitrogens with one attached hydrogen (secondary N) is 1. The maximum absolute atomic E-state index is 12.7. The smallest absolute Gasteiger partial charge is 0.349 e. The molecule has 0 radical (unpaired) electrons. The normalized spacial score (nSPS) is 30.2. The molecule has 1 N–H and O–H groups in total. The number of aromatic amines is 1. The summed E-state index contributed by atoms with van der Waals surface area (Å²) in [5.74, 6) is 0. The molecule has 4 atom stereocenters. The third-order valence-corrected chi connectivity index (χ3v) is 6.52. The second-order valence-corrected chi connectivity index (χ2v) is 8.94. The minimum Gasteiger partial charge on any atom is -0.349 e. The molecule has 0 spiro atoms. The van der Waals surface area contributed by atoms with Crippen molar-refractivity contribution in [3.05, 3.63) is 66.5 Å². The van der Waals surface area contributed by atoms with Crippen molar-refractivity contribution < 1.29 is 22.9 Å². The lowest BCUT2D eigenvalue weighted by Gasteiger charge is -2.29. The zero-order chi connectivity index (χ0) is 19.0. The standard InChI is InChI=1S/C16H16IN2O7P/c17-11-7-19(16(21)18-15(11)20)14-6-12-13(25-14)9-24-27(22,26-12)23-8-10-4-2-1-3-5-10/h1-5,7,12-14H,6,8-9H2,(H,18,20,21)/t12-,13+,14+,27?/m1/s1. The maximum atomic E-state index is 12.7. The molecule has 27 heavy (non-hydrogen) atoms. The van der Waals surface area contributed by atoms with Gasteiger partial charge < -0.3 is 4.74 Å². The minimum absolute atomic E-state index is 0.0302. The van der Waals surface area contributed by atoms with Crippen molar-refractivity contribution in [2.75, 3.05) is 6.61 Å². The summed E-state index contributed by atoms with van der Waals surface area (Å²) in [5.41, 5.74) is -0.184. The first-order valence-electron chi connectivity index (χ1n) is 8.21. The van der Waals surface area contributed by atoms with Crippen LogP contribution in [0, 0.1) is 3.57 Å². The summed E-state index contributed by atoms with van der Waals surface area (Å²) < 4.78 is 36.4. The number of benzene rings is 1. The molecule has 4 rings (SSSR count). The average Bonchev–Trinajstić information content (AvgIpc) is 3.06. The van der Waals surface area contributed by atoms with Gasteiger partial charge in [-0.05, 0) is 28.2 Å². The molecular formula is C16H16IN2O7P. The second kappa shape index (κ2) is 7.61. The van der Waals surface area contributed by atoms with Gasteiger partial charge in [0.2, 0.25) is 0 Å². The Bertz CT molecular complexity index is 992. The number of halogens is 1. The van der Waals surface area contributed by atoms with E-state index in [9.17, 15) is 14.2 Å². The van der Waals surface area contributed by atoms with Crippen molar-refractivity contribution in [1.82, 2.24) is 9.55 Å². The number of phosphoric acid groups is 1. The van der Waals surface area contributed by atoms with E-state index in [1.165, 1.54) is 10.8 Å². The van der Waals surface area contributed by atoms with Crippen molar-refractivity contribution in [3.8, 4) is 0 Å². The van der Waals surface area contributed by atoms with Crippen LogP contribution in [0.5, 0.6) is 0 Å². The lowest BCUT2D eigenvalue weighted by Crippen LogP contribution is -2.34. The molecule has 0 saturated carbocycles. The van der Waals surface area contributed by atoms with Crippen LogP contribution in [0.25, 0.3) is 0 Å². The van der Waals surface area contributed by atoms with Crippen molar-refractivity contribution >= 4 is 30.4 Å². The Hall–Kier alpha value is -1.30. The van der Waals surface area contributed by atoms with E-state index in [2.05, 4.69) is 4.98 Å².